The average molecular weight is 193 g/mol. The zero-order valence-electron chi connectivity index (χ0n) is 6.15. The van der Waals surface area contributed by atoms with Gasteiger partial charge in [-0.2, -0.15) is 0 Å². The summed E-state index contributed by atoms with van der Waals surface area (Å²) in [5.74, 6) is 0.677. The molecule has 1 aromatic rings. The molecule has 0 unspecified atom stereocenters. The van der Waals surface area contributed by atoms with E-state index in [1.165, 1.54) is 7.11 Å². The average Bonchev–Trinajstić information content (AvgIpc) is 2.05. The first-order valence-corrected chi connectivity index (χ1v) is 3.96. The van der Waals surface area contributed by atoms with Crippen LogP contribution in [0.3, 0.4) is 0 Å². The second-order valence-electron chi connectivity index (χ2n) is 2.13. The van der Waals surface area contributed by atoms with Gasteiger partial charge in [-0.25, -0.2) is 0 Å². The summed E-state index contributed by atoms with van der Waals surface area (Å²) >= 11 is 3.72. The molecule has 1 rings (SSSR count). The second kappa shape index (κ2) is 3.65. The Kier molecular flexibility index (Phi) is 2.80. The van der Waals surface area contributed by atoms with Crippen LogP contribution in [-0.2, 0) is 21.3 Å². The number of hydrogen-bond donors (Lipinski definition) is 1. The van der Waals surface area contributed by atoms with E-state index < -0.39 is 0 Å². The van der Waals surface area contributed by atoms with Crippen LogP contribution >= 0.6 is 0 Å². The van der Waals surface area contributed by atoms with Crippen molar-refractivity contribution in [2.45, 2.75) is 5.32 Å². The number of ether oxygens (including phenoxy) is 1. The monoisotopic (exact) mass is 193 g/mol. The first-order valence-electron chi connectivity index (χ1n) is 3.18. The SMILES string of the molecule is COc1cc([CH2][Fe])ccc1O. The standard InChI is InChI=1S/C8H9O2.Fe/c1-6-3-4-7(9)8(5-6)10-2;/h3-5,9H,1H2,2H3;. The van der Waals surface area contributed by atoms with Crippen molar-refractivity contribution < 1.29 is 25.9 Å². The van der Waals surface area contributed by atoms with Gasteiger partial charge in [-0.3, -0.25) is 0 Å². The van der Waals surface area contributed by atoms with Crippen molar-refractivity contribution in [2.75, 3.05) is 7.11 Å². The van der Waals surface area contributed by atoms with Crippen LogP contribution in [0.2, 0.25) is 0 Å². The quantitative estimate of drug-likeness (QED) is 0.720. The number of rotatable bonds is 2. The third-order valence-corrected chi connectivity index (χ3v) is 1.84. The molecule has 0 saturated heterocycles. The third kappa shape index (κ3) is 1.88. The topological polar surface area (TPSA) is 29.5 Å². The minimum atomic E-state index is 0.171. The van der Waals surface area contributed by atoms with Crippen LogP contribution < -0.4 is 4.74 Å². The van der Waals surface area contributed by atoms with Gasteiger partial charge in [0.05, 0.1) is 0 Å². The van der Waals surface area contributed by atoms with Crippen LogP contribution in [0.5, 0.6) is 11.5 Å². The summed E-state index contributed by atoms with van der Waals surface area (Å²) in [5, 5.41) is 9.89. The van der Waals surface area contributed by atoms with Gasteiger partial charge in [-0.1, -0.05) is 0 Å². The summed E-state index contributed by atoms with van der Waals surface area (Å²) in [7, 11) is 1.53. The van der Waals surface area contributed by atoms with E-state index in [1.807, 2.05) is 6.07 Å². The molecular formula is C8H9FeO2. The fraction of sp³-hybridized carbons (Fsp3) is 0.250. The molecule has 0 aliphatic heterocycles. The molecule has 11 heavy (non-hydrogen) atoms. The number of benzene rings is 1. The summed E-state index contributed by atoms with van der Waals surface area (Å²) in [4.78, 5) is 0. The molecule has 0 bridgehead atoms. The molecule has 61 valence electrons. The Labute approximate surface area is 74.0 Å². The first kappa shape index (κ1) is 8.44. The molecule has 0 atom stereocenters. The Morgan fingerprint density at radius 3 is 2.82 bits per heavy atom. The predicted octanol–water partition coefficient (Wildman–Crippen LogP) is 1.45. The Hall–Kier alpha value is -0.661. The Morgan fingerprint density at radius 1 is 1.55 bits per heavy atom. The van der Waals surface area contributed by atoms with Crippen molar-refractivity contribution in [2.24, 2.45) is 0 Å². The van der Waals surface area contributed by atoms with E-state index in [0.717, 1.165) is 5.56 Å². The molecular weight excluding hydrogens is 184 g/mol. The first-order chi connectivity index (χ1) is 5.27. The van der Waals surface area contributed by atoms with Crippen LogP contribution in [0.25, 0.3) is 0 Å². The van der Waals surface area contributed by atoms with Crippen LogP contribution in [0, 0.1) is 0 Å². The maximum absolute atomic E-state index is 9.19. The molecule has 1 aromatic carbocycles. The summed E-state index contributed by atoms with van der Waals surface area (Å²) in [6.45, 7) is 0. The Morgan fingerprint density at radius 2 is 2.27 bits per heavy atom. The van der Waals surface area contributed by atoms with Gasteiger partial charge in [0, 0.05) is 0 Å². The molecule has 1 N–H and O–H groups in total. The maximum atomic E-state index is 9.19. The van der Waals surface area contributed by atoms with Gasteiger partial charge < -0.3 is 0 Å². The van der Waals surface area contributed by atoms with Gasteiger partial charge in [0.2, 0.25) is 0 Å². The van der Waals surface area contributed by atoms with Crippen molar-refractivity contribution in [3.8, 4) is 11.5 Å². The van der Waals surface area contributed by atoms with Gasteiger partial charge in [0.1, 0.15) is 0 Å². The molecule has 0 aliphatic rings. The third-order valence-electron chi connectivity index (χ3n) is 1.39. The summed E-state index contributed by atoms with van der Waals surface area (Å²) in [6, 6.07) is 5.21. The summed E-state index contributed by atoms with van der Waals surface area (Å²) < 4.78 is 4.91. The van der Waals surface area contributed by atoms with E-state index in [0.29, 0.717) is 11.1 Å². The minimum absolute atomic E-state index is 0.171. The van der Waals surface area contributed by atoms with Crippen molar-refractivity contribution in [3.63, 3.8) is 0 Å². The van der Waals surface area contributed by atoms with Crippen molar-refractivity contribution >= 4 is 0 Å². The van der Waals surface area contributed by atoms with E-state index in [4.69, 9.17) is 4.74 Å². The second-order valence-corrected chi connectivity index (χ2v) is 2.52. The number of aromatic hydroxyl groups is 1. The van der Waals surface area contributed by atoms with Gasteiger partial charge in [-0.05, 0) is 0 Å². The number of phenols is 1. The van der Waals surface area contributed by atoms with E-state index in [1.54, 1.807) is 12.1 Å². The van der Waals surface area contributed by atoms with Crippen molar-refractivity contribution in [1.82, 2.24) is 0 Å². The van der Waals surface area contributed by atoms with E-state index in [-0.39, 0.29) is 5.75 Å². The normalized spacial score (nSPS) is 9.64. The fourth-order valence-electron chi connectivity index (χ4n) is 0.800. The molecule has 0 radical (unpaired) electrons. The Bertz CT molecular complexity index is 248. The predicted molar refractivity (Wildman–Crippen MR) is 38.4 cm³/mol. The molecule has 0 spiro atoms. The van der Waals surface area contributed by atoms with Crippen LogP contribution in [0.1, 0.15) is 5.56 Å². The van der Waals surface area contributed by atoms with Gasteiger partial charge in [-0.15, -0.1) is 0 Å². The van der Waals surface area contributed by atoms with Gasteiger partial charge >= 0.3 is 73.5 Å². The summed E-state index contributed by atoms with van der Waals surface area (Å²) in [6.07, 6.45) is 0. The molecule has 0 fully saturated rings. The van der Waals surface area contributed by atoms with E-state index >= 15 is 0 Å². The fourth-order valence-corrected chi connectivity index (χ4v) is 1.04. The Balaban J connectivity index is 3.02. The molecule has 3 heteroatoms. The molecule has 2 nitrogen and oxygen atoms in total. The molecule has 0 aromatic heterocycles. The number of hydrogen-bond acceptors (Lipinski definition) is 2. The molecule has 0 saturated carbocycles. The van der Waals surface area contributed by atoms with Crippen LogP contribution in [0.4, 0.5) is 0 Å². The van der Waals surface area contributed by atoms with Crippen molar-refractivity contribution in [3.05, 3.63) is 23.8 Å². The number of phenolic OH excluding ortho intramolecular Hbond substituents is 1. The molecule has 0 heterocycles. The molecule has 0 aliphatic carbocycles. The van der Waals surface area contributed by atoms with Gasteiger partial charge in [0.25, 0.3) is 0 Å². The summed E-state index contributed by atoms with van der Waals surface area (Å²) in [5.41, 5.74) is 1.06. The van der Waals surface area contributed by atoms with Crippen LogP contribution in [-0.4, -0.2) is 12.2 Å². The molecule has 0 amide bonds. The van der Waals surface area contributed by atoms with Crippen molar-refractivity contribution in [1.29, 1.82) is 0 Å². The zero-order chi connectivity index (χ0) is 8.27. The number of methoxy groups -OCH3 is 1. The zero-order valence-corrected chi connectivity index (χ0v) is 7.25. The van der Waals surface area contributed by atoms with E-state index in [2.05, 4.69) is 16.0 Å². The van der Waals surface area contributed by atoms with E-state index in [9.17, 15) is 5.11 Å². The van der Waals surface area contributed by atoms with Crippen LogP contribution in [0.15, 0.2) is 18.2 Å². The van der Waals surface area contributed by atoms with Gasteiger partial charge in [0.15, 0.2) is 0 Å².